The third-order valence-corrected chi connectivity index (χ3v) is 3.25. The Morgan fingerprint density at radius 3 is 2.71 bits per heavy atom. The number of methoxy groups -OCH3 is 2. The maximum absolute atomic E-state index is 5.27. The maximum atomic E-state index is 5.27. The Morgan fingerprint density at radius 1 is 1.14 bits per heavy atom. The number of hydrogen-bond donors (Lipinski definition) is 1. The molecule has 0 spiro atoms. The third kappa shape index (κ3) is 4.16. The smallest absolute Gasteiger partial charge is 0.216 e. The molecule has 1 heterocycles. The quantitative estimate of drug-likeness (QED) is 0.847. The number of nitrogens with zero attached hydrogens (tertiary/aromatic N) is 2. The van der Waals surface area contributed by atoms with Crippen LogP contribution in [0.1, 0.15) is 24.2 Å². The highest BCUT2D eigenvalue weighted by molar-refractivity contribution is 5.30. The number of hydrogen-bond acceptors (Lipinski definition) is 5. The minimum absolute atomic E-state index is 0.110. The van der Waals surface area contributed by atoms with Crippen molar-refractivity contribution in [2.24, 2.45) is 0 Å². The summed E-state index contributed by atoms with van der Waals surface area (Å²) in [5.74, 6) is 1.44. The summed E-state index contributed by atoms with van der Waals surface area (Å²) in [6.07, 6.45) is 2.36. The van der Waals surface area contributed by atoms with Gasteiger partial charge in [-0.3, -0.25) is 0 Å². The normalized spacial score (nSPS) is 12.0. The van der Waals surface area contributed by atoms with Crippen molar-refractivity contribution < 1.29 is 9.47 Å². The molecule has 21 heavy (non-hydrogen) atoms. The van der Waals surface area contributed by atoms with E-state index in [4.69, 9.17) is 9.47 Å². The van der Waals surface area contributed by atoms with E-state index >= 15 is 0 Å². The summed E-state index contributed by atoms with van der Waals surface area (Å²) in [6.45, 7) is 2.94. The van der Waals surface area contributed by atoms with E-state index in [1.54, 1.807) is 14.2 Å². The molecule has 5 heteroatoms. The van der Waals surface area contributed by atoms with Gasteiger partial charge in [0.15, 0.2) is 0 Å². The van der Waals surface area contributed by atoms with Gasteiger partial charge in [0.2, 0.25) is 5.88 Å². The Hall–Kier alpha value is -2.14. The molecule has 0 aliphatic carbocycles. The Labute approximate surface area is 125 Å². The molecule has 0 aliphatic heterocycles. The maximum Gasteiger partial charge on any atom is 0.216 e. The number of nitrogens with one attached hydrogen (secondary N) is 1. The molecule has 0 aliphatic rings. The summed E-state index contributed by atoms with van der Waals surface area (Å²) in [7, 11) is 3.28. The van der Waals surface area contributed by atoms with Gasteiger partial charge < -0.3 is 14.8 Å². The molecule has 0 amide bonds. The molecule has 1 aromatic carbocycles. The summed E-state index contributed by atoms with van der Waals surface area (Å²) in [5.41, 5.74) is 2.12. The largest absolute Gasteiger partial charge is 0.497 e. The standard InChI is InChI=1S/C16H21N3O2/c1-4-17-14(15-10-16(21-3)19-11-18-15)9-12-6-5-7-13(8-12)20-2/h5-8,10-11,14,17H,4,9H2,1-3H3. The van der Waals surface area contributed by atoms with E-state index in [1.165, 1.54) is 11.9 Å². The Kier molecular flexibility index (Phi) is 5.51. The number of ether oxygens (including phenoxy) is 2. The summed E-state index contributed by atoms with van der Waals surface area (Å²) < 4.78 is 10.4. The first kappa shape index (κ1) is 15.3. The van der Waals surface area contributed by atoms with Crippen LogP contribution in [0.3, 0.4) is 0 Å². The van der Waals surface area contributed by atoms with Crippen LogP contribution in [0.2, 0.25) is 0 Å². The zero-order chi connectivity index (χ0) is 15.1. The van der Waals surface area contributed by atoms with Crippen molar-refractivity contribution in [1.29, 1.82) is 0 Å². The summed E-state index contributed by atoms with van der Waals surface area (Å²) in [5, 5.41) is 3.45. The average molecular weight is 287 g/mol. The molecule has 0 saturated carbocycles. The molecular formula is C16H21N3O2. The first-order valence-corrected chi connectivity index (χ1v) is 6.99. The molecule has 0 bridgehead atoms. The minimum Gasteiger partial charge on any atom is -0.497 e. The van der Waals surface area contributed by atoms with Crippen molar-refractivity contribution in [2.45, 2.75) is 19.4 Å². The fourth-order valence-corrected chi connectivity index (χ4v) is 2.22. The fourth-order valence-electron chi connectivity index (χ4n) is 2.22. The number of rotatable bonds is 7. The highest BCUT2D eigenvalue weighted by Gasteiger charge is 2.14. The lowest BCUT2D eigenvalue weighted by Crippen LogP contribution is -2.24. The van der Waals surface area contributed by atoms with Gasteiger partial charge in [-0.1, -0.05) is 19.1 Å². The second kappa shape index (κ2) is 7.59. The first-order chi connectivity index (χ1) is 10.3. The molecule has 5 nitrogen and oxygen atoms in total. The van der Waals surface area contributed by atoms with Gasteiger partial charge in [0.05, 0.1) is 26.0 Å². The Morgan fingerprint density at radius 2 is 2.00 bits per heavy atom. The highest BCUT2D eigenvalue weighted by atomic mass is 16.5. The molecule has 1 atom stereocenters. The summed E-state index contributed by atoms with van der Waals surface area (Å²) >= 11 is 0. The molecule has 0 saturated heterocycles. The van der Waals surface area contributed by atoms with Crippen molar-refractivity contribution in [3.63, 3.8) is 0 Å². The number of benzene rings is 1. The second-order valence-corrected chi connectivity index (χ2v) is 4.65. The van der Waals surface area contributed by atoms with Crippen LogP contribution in [0.4, 0.5) is 0 Å². The van der Waals surface area contributed by atoms with Crippen molar-refractivity contribution in [2.75, 3.05) is 20.8 Å². The Balaban J connectivity index is 2.21. The monoisotopic (exact) mass is 287 g/mol. The molecule has 0 radical (unpaired) electrons. The van der Waals surface area contributed by atoms with Crippen LogP contribution < -0.4 is 14.8 Å². The molecule has 1 aromatic heterocycles. The van der Waals surface area contributed by atoms with E-state index in [0.717, 1.165) is 24.4 Å². The minimum atomic E-state index is 0.110. The fraction of sp³-hybridized carbons (Fsp3) is 0.375. The van der Waals surface area contributed by atoms with Gasteiger partial charge in [-0.2, -0.15) is 0 Å². The van der Waals surface area contributed by atoms with Crippen LogP contribution in [-0.4, -0.2) is 30.7 Å². The van der Waals surface area contributed by atoms with Crippen molar-refractivity contribution in [3.05, 3.63) is 47.9 Å². The first-order valence-electron chi connectivity index (χ1n) is 6.99. The van der Waals surface area contributed by atoms with Crippen molar-refractivity contribution >= 4 is 0 Å². The van der Waals surface area contributed by atoms with Gasteiger partial charge in [-0.15, -0.1) is 0 Å². The van der Waals surface area contributed by atoms with E-state index in [2.05, 4.69) is 28.3 Å². The predicted molar refractivity (Wildman–Crippen MR) is 81.7 cm³/mol. The summed E-state index contributed by atoms with van der Waals surface area (Å²) in [4.78, 5) is 8.41. The zero-order valence-electron chi connectivity index (χ0n) is 12.7. The van der Waals surface area contributed by atoms with Crippen LogP contribution in [0.5, 0.6) is 11.6 Å². The van der Waals surface area contributed by atoms with Gasteiger partial charge in [0.1, 0.15) is 12.1 Å². The van der Waals surface area contributed by atoms with Gasteiger partial charge in [0, 0.05) is 6.07 Å². The van der Waals surface area contributed by atoms with E-state index in [1.807, 2.05) is 24.3 Å². The van der Waals surface area contributed by atoms with E-state index < -0.39 is 0 Å². The molecule has 1 N–H and O–H groups in total. The van der Waals surface area contributed by atoms with E-state index in [0.29, 0.717) is 5.88 Å². The third-order valence-electron chi connectivity index (χ3n) is 3.25. The van der Waals surface area contributed by atoms with Gasteiger partial charge in [0.25, 0.3) is 0 Å². The number of likely N-dealkylation sites (N-methyl/N-ethyl adjacent to an activating group) is 1. The molecule has 112 valence electrons. The lowest BCUT2D eigenvalue weighted by atomic mass is 10.0. The lowest BCUT2D eigenvalue weighted by molar-refractivity contribution is 0.393. The molecule has 2 rings (SSSR count). The topological polar surface area (TPSA) is 56.3 Å². The van der Waals surface area contributed by atoms with E-state index in [-0.39, 0.29) is 6.04 Å². The zero-order valence-corrected chi connectivity index (χ0v) is 12.7. The van der Waals surface area contributed by atoms with Gasteiger partial charge in [-0.25, -0.2) is 9.97 Å². The SMILES string of the molecule is CCNC(Cc1cccc(OC)c1)c1cc(OC)ncn1. The molecular weight excluding hydrogens is 266 g/mol. The average Bonchev–Trinajstić information content (AvgIpc) is 2.54. The van der Waals surface area contributed by atoms with Gasteiger partial charge in [-0.05, 0) is 30.7 Å². The van der Waals surface area contributed by atoms with Crippen LogP contribution in [0.25, 0.3) is 0 Å². The van der Waals surface area contributed by atoms with Crippen molar-refractivity contribution in [1.82, 2.24) is 15.3 Å². The molecule has 2 aromatic rings. The van der Waals surface area contributed by atoms with Crippen LogP contribution in [0.15, 0.2) is 36.7 Å². The van der Waals surface area contributed by atoms with Crippen LogP contribution in [-0.2, 0) is 6.42 Å². The van der Waals surface area contributed by atoms with E-state index in [9.17, 15) is 0 Å². The highest BCUT2D eigenvalue weighted by Crippen LogP contribution is 2.21. The van der Waals surface area contributed by atoms with Crippen LogP contribution in [0, 0.1) is 0 Å². The molecule has 1 unspecified atom stereocenters. The molecule has 0 fully saturated rings. The summed E-state index contributed by atoms with van der Waals surface area (Å²) in [6, 6.07) is 10.1. The van der Waals surface area contributed by atoms with Crippen LogP contribution >= 0.6 is 0 Å². The Bertz CT molecular complexity index is 575. The second-order valence-electron chi connectivity index (χ2n) is 4.65. The van der Waals surface area contributed by atoms with Crippen molar-refractivity contribution in [3.8, 4) is 11.6 Å². The van der Waals surface area contributed by atoms with Gasteiger partial charge >= 0.3 is 0 Å². The number of aromatic nitrogens is 2. The lowest BCUT2D eigenvalue weighted by Gasteiger charge is -2.18. The predicted octanol–water partition coefficient (Wildman–Crippen LogP) is 2.39.